The van der Waals surface area contributed by atoms with Crippen LogP contribution in [0.2, 0.25) is 0 Å². The van der Waals surface area contributed by atoms with Crippen molar-refractivity contribution in [2.24, 2.45) is 0 Å². The minimum Gasteiger partial charge on any atom is -0.307 e. The van der Waals surface area contributed by atoms with Gasteiger partial charge in [0.15, 0.2) is 0 Å². The Hall–Kier alpha value is -2.43. The van der Waals surface area contributed by atoms with Crippen molar-refractivity contribution in [2.45, 2.75) is 0 Å². The maximum atomic E-state index is 8.94. The number of rotatable bonds is 1. The average Bonchev–Trinajstić information content (AvgIpc) is 2.85. The highest BCUT2D eigenvalue weighted by Gasteiger charge is 2.12. The van der Waals surface area contributed by atoms with Crippen LogP contribution in [0.4, 0.5) is 5.00 Å². The Morgan fingerprint density at radius 1 is 1.29 bits per heavy atom. The zero-order chi connectivity index (χ0) is 12.7. The third kappa shape index (κ3) is 2.57. The number of carbonyl (C=O) groups is 1. The van der Waals surface area contributed by atoms with Gasteiger partial charge in [-0.3, -0.25) is 0 Å². The van der Waals surface area contributed by atoms with E-state index in [-0.39, 0.29) is 0 Å². The van der Waals surface area contributed by atoms with Crippen LogP contribution in [0.15, 0.2) is 35.7 Å². The van der Waals surface area contributed by atoms with E-state index in [0.717, 1.165) is 11.1 Å². The quantitative estimate of drug-likeness (QED) is 0.714. The molecule has 0 bridgehead atoms. The van der Waals surface area contributed by atoms with Crippen LogP contribution in [0, 0.1) is 17.9 Å². The van der Waals surface area contributed by atoms with Crippen LogP contribution in [0.25, 0.3) is 16.0 Å². The van der Waals surface area contributed by atoms with Gasteiger partial charge in [-0.05, 0) is 10.9 Å². The fraction of sp³-hybridized carbons (Fsp3) is 0. The molecular formula is C13H8N2OS. The van der Waals surface area contributed by atoms with Crippen molar-refractivity contribution in [3.63, 3.8) is 0 Å². The lowest BCUT2D eigenvalue weighted by molar-refractivity contribution is -0.0979. The number of nitriles is 1. The topological polar surface area (TPSA) is 45.2 Å². The molecule has 0 spiro atoms. The predicted molar refractivity (Wildman–Crippen MR) is 67.9 cm³/mol. The van der Waals surface area contributed by atoms with Crippen LogP contribution < -0.4 is 0 Å². The zero-order valence-corrected chi connectivity index (χ0v) is 9.70. The maximum absolute atomic E-state index is 8.94. The molecular weight excluding hydrogens is 232 g/mol. The van der Waals surface area contributed by atoms with E-state index in [1.165, 1.54) is 11.3 Å². The Morgan fingerprint density at radius 3 is 2.47 bits per heavy atom. The highest BCUT2D eigenvalue weighted by molar-refractivity contribution is 7.15. The molecule has 1 heterocycles. The maximum Gasteiger partial charge on any atom is 0.250 e. The zero-order valence-electron chi connectivity index (χ0n) is 8.88. The molecule has 82 valence electrons. The molecule has 0 aliphatic heterocycles. The first-order valence-electron chi connectivity index (χ1n) is 4.60. The molecule has 2 aromatic rings. The van der Waals surface area contributed by atoms with E-state index in [1.54, 1.807) is 5.38 Å². The largest absolute Gasteiger partial charge is 0.307 e. The van der Waals surface area contributed by atoms with Gasteiger partial charge in [-0.2, -0.15) is 16.6 Å². The van der Waals surface area contributed by atoms with Gasteiger partial charge in [0.05, 0.1) is 18.2 Å². The molecule has 0 aliphatic carbocycles. The van der Waals surface area contributed by atoms with E-state index in [4.69, 9.17) is 16.6 Å². The summed E-state index contributed by atoms with van der Waals surface area (Å²) < 4.78 is 0. The van der Waals surface area contributed by atoms with Crippen molar-refractivity contribution >= 4 is 23.1 Å². The van der Waals surface area contributed by atoms with Crippen LogP contribution in [0.5, 0.6) is 0 Å². The Bertz CT molecular complexity index is 544. The van der Waals surface area contributed by atoms with Crippen molar-refractivity contribution in [1.29, 1.82) is 5.26 Å². The molecule has 1 aromatic carbocycles. The summed E-state index contributed by atoms with van der Waals surface area (Å²) in [5, 5.41) is 11.3. The molecule has 1 aromatic heterocycles. The third-order valence-electron chi connectivity index (χ3n) is 2.06. The molecule has 0 N–H and O–H groups in total. The first kappa shape index (κ1) is 12.6. The number of carbonyl (C=O) groups excluding carboxylic acids is 1. The number of hydrogen-bond acceptors (Lipinski definition) is 3. The second-order valence-electron chi connectivity index (χ2n) is 2.92. The molecule has 0 fully saturated rings. The minimum absolute atomic E-state index is 0.581. The van der Waals surface area contributed by atoms with Crippen LogP contribution in [0.3, 0.4) is 0 Å². The summed E-state index contributed by atoms with van der Waals surface area (Å²) in [4.78, 5) is 11.4. The van der Waals surface area contributed by atoms with E-state index >= 15 is 0 Å². The van der Waals surface area contributed by atoms with E-state index in [1.807, 2.05) is 37.1 Å². The second kappa shape index (κ2) is 6.22. The summed E-state index contributed by atoms with van der Waals surface area (Å²) in [7, 11) is 0. The van der Waals surface area contributed by atoms with Gasteiger partial charge in [-0.25, -0.2) is 4.85 Å². The molecule has 0 unspecified atom stereocenters. The van der Waals surface area contributed by atoms with Gasteiger partial charge in [-0.15, -0.1) is 0 Å². The smallest absolute Gasteiger partial charge is 0.250 e. The Kier molecular flexibility index (Phi) is 4.62. The normalized spacial score (nSPS) is 8.35. The van der Waals surface area contributed by atoms with Crippen LogP contribution >= 0.6 is 11.3 Å². The first-order chi connectivity index (χ1) is 8.36. The minimum atomic E-state index is 0.581. The van der Waals surface area contributed by atoms with E-state index in [2.05, 4.69) is 10.9 Å². The summed E-state index contributed by atoms with van der Waals surface area (Å²) in [5.74, 6) is 0. The van der Waals surface area contributed by atoms with Crippen molar-refractivity contribution in [3.05, 3.63) is 52.7 Å². The molecule has 17 heavy (non-hydrogen) atoms. The van der Waals surface area contributed by atoms with Crippen LogP contribution in [-0.4, -0.2) is 6.79 Å². The predicted octanol–water partition coefficient (Wildman–Crippen LogP) is 3.65. The molecule has 2 rings (SSSR count). The Labute approximate surface area is 103 Å². The van der Waals surface area contributed by atoms with Crippen molar-refractivity contribution in [3.8, 4) is 17.2 Å². The molecule has 0 atom stereocenters. The standard InChI is InChI=1S/C12H6N2S.CH2O/c1-14-12-11(10(7-13)8-15-12)9-5-3-2-4-6-9;1-2/h2-6,8H;1H2. The lowest BCUT2D eigenvalue weighted by atomic mass is 10.0. The highest BCUT2D eigenvalue weighted by Crippen LogP contribution is 2.38. The van der Waals surface area contributed by atoms with Gasteiger partial charge in [0.2, 0.25) is 5.00 Å². The highest BCUT2D eigenvalue weighted by atomic mass is 32.1. The number of thiophene rings is 1. The van der Waals surface area contributed by atoms with Crippen molar-refractivity contribution in [1.82, 2.24) is 0 Å². The number of nitrogens with zero attached hydrogens (tertiary/aromatic N) is 2. The fourth-order valence-electron chi connectivity index (χ4n) is 1.40. The summed E-state index contributed by atoms with van der Waals surface area (Å²) in [6.07, 6.45) is 0. The third-order valence-corrected chi connectivity index (χ3v) is 2.93. The molecule has 0 aliphatic rings. The van der Waals surface area contributed by atoms with Gasteiger partial charge >= 0.3 is 0 Å². The summed E-state index contributed by atoms with van der Waals surface area (Å²) in [5.41, 5.74) is 2.27. The van der Waals surface area contributed by atoms with Gasteiger partial charge in [0, 0.05) is 5.56 Å². The molecule has 4 heteroatoms. The summed E-state index contributed by atoms with van der Waals surface area (Å²) >= 11 is 1.32. The number of hydrogen-bond donors (Lipinski definition) is 0. The average molecular weight is 240 g/mol. The van der Waals surface area contributed by atoms with E-state index < -0.39 is 0 Å². The first-order valence-corrected chi connectivity index (χ1v) is 5.48. The molecule has 0 saturated heterocycles. The monoisotopic (exact) mass is 240 g/mol. The van der Waals surface area contributed by atoms with Crippen molar-refractivity contribution in [2.75, 3.05) is 0 Å². The fourth-order valence-corrected chi connectivity index (χ4v) is 2.19. The van der Waals surface area contributed by atoms with Gasteiger partial charge < -0.3 is 4.79 Å². The second-order valence-corrected chi connectivity index (χ2v) is 3.78. The van der Waals surface area contributed by atoms with Gasteiger partial charge in [0.25, 0.3) is 0 Å². The summed E-state index contributed by atoms with van der Waals surface area (Å²) in [6, 6.07) is 11.7. The van der Waals surface area contributed by atoms with Gasteiger partial charge in [0.1, 0.15) is 6.79 Å². The van der Waals surface area contributed by atoms with Crippen LogP contribution in [0.1, 0.15) is 5.56 Å². The lowest BCUT2D eigenvalue weighted by Crippen LogP contribution is -1.77. The van der Waals surface area contributed by atoms with E-state index in [9.17, 15) is 0 Å². The molecule has 0 saturated carbocycles. The lowest BCUT2D eigenvalue weighted by Gasteiger charge is -1.99. The van der Waals surface area contributed by atoms with Crippen LogP contribution in [-0.2, 0) is 4.79 Å². The molecule has 3 nitrogen and oxygen atoms in total. The van der Waals surface area contributed by atoms with Crippen molar-refractivity contribution < 1.29 is 4.79 Å². The molecule has 0 radical (unpaired) electrons. The number of benzene rings is 1. The molecule has 0 amide bonds. The van der Waals surface area contributed by atoms with E-state index in [0.29, 0.717) is 10.6 Å². The van der Waals surface area contributed by atoms with Gasteiger partial charge in [-0.1, -0.05) is 30.3 Å². The SMILES string of the molecule is C=O.[C-]#[N+]c1scc(C#N)c1-c1ccccc1. The summed E-state index contributed by atoms with van der Waals surface area (Å²) in [6.45, 7) is 9.05. The Balaban J connectivity index is 0.000000686. The Morgan fingerprint density at radius 2 is 1.94 bits per heavy atom.